The number of nitrogens with zero attached hydrogens (tertiary/aromatic N) is 2. The largest absolute Gasteiger partial charge is 0.507 e. The van der Waals surface area contributed by atoms with E-state index >= 15 is 0 Å². The highest BCUT2D eigenvalue weighted by Gasteiger charge is 2.63. The number of aliphatic hydroxyl groups is 1. The van der Waals surface area contributed by atoms with Gasteiger partial charge in [-0.25, -0.2) is 14.8 Å². The maximum absolute atomic E-state index is 13.8. The van der Waals surface area contributed by atoms with E-state index in [-0.39, 0.29) is 41.6 Å². The molecule has 1 fully saturated rings. The number of epoxide rings is 1. The van der Waals surface area contributed by atoms with Crippen LogP contribution in [0.2, 0.25) is 0 Å². The van der Waals surface area contributed by atoms with E-state index in [1.165, 1.54) is 6.07 Å². The van der Waals surface area contributed by atoms with Crippen LogP contribution in [0.3, 0.4) is 0 Å². The van der Waals surface area contributed by atoms with Gasteiger partial charge in [-0.3, -0.25) is 4.79 Å². The molecule has 4 aromatic rings. The highest BCUT2D eigenvalue weighted by atomic mass is 16.7. The smallest absolute Gasteiger partial charge is 0.341 e. The van der Waals surface area contributed by atoms with Gasteiger partial charge in [-0.2, -0.15) is 0 Å². The minimum absolute atomic E-state index is 0.0463. The van der Waals surface area contributed by atoms with Crippen LogP contribution in [-0.2, 0) is 27.1 Å². The fraction of sp³-hybridized carbons (Fsp3) is 0.394. The van der Waals surface area contributed by atoms with Gasteiger partial charge in [0.05, 0.1) is 11.8 Å². The van der Waals surface area contributed by atoms with Crippen molar-refractivity contribution in [2.75, 3.05) is 18.1 Å². The molecule has 236 valence electrons. The molecule has 1 aromatic carbocycles. The number of rotatable bonds is 9. The minimum Gasteiger partial charge on any atom is -0.507 e. The third-order valence-corrected chi connectivity index (χ3v) is 8.51. The number of phenolic OH excluding ortho intramolecular Hbond substituents is 1. The molecule has 12 heteroatoms. The number of hydrogen-bond acceptors (Lipinski definition) is 12. The Labute approximate surface area is 259 Å². The molecule has 0 amide bonds. The van der Waals surface area contributed by atoms with Crippen LogP contribution in [-0.4, -0.2) is 56.2 Å². The van der Waals surface area contributed by atoms with Crippen molar-refractivity contribution >= 4 is 28.6 Å². The van der Waals surface area contributed by atoms with E-state index in [9.17, 15) is 19.8 Å². The summed E-state index contributed by atoms with van der Waals surface area (Å²) < 4.78 is 24.0. The molecular weight excluding hydrogens is 580 g/mol. The second kappa shape index (κ2) is 11.4. The average molecular weight is 617 g/mol. The summed E-state index contributed by atoms with van der Waals surface area (Å²) >= 11 is 0. The van der Waals surface area contributed by atoms with Crippen LogP contribution in [0.4, 0.5) is 11.6 Å². The van der Waals surface area contributed by atoms with Crippen LogP contribution in [0.15, 0.2) is 51.8 Å². The number of fused-ring (bicyclic) bond motifs is 2. The van der Waals surface area contributed by atoms with Crippen molar-refractivity contribution in [3.63, 3.8) is 0 Å². The molecule has 6 N–H and O–H groups in total. The molecule has 0 spiro atoms. The first-order valence-corrected chi connectivity index (χ1v) is 14.9. The van der Waals surface area contributed by atoms with Gasteiger partial charge >= 0.3 is 5.97 Å². The number of carbonyl (C=O) groups excluding carboxylic acids is 1. The number of phenols is 1. The van der Waals surface area contributed by atoms with Crippen molar-refractivity contribution in [1.29, 1.82) is 0 Å². The summed E-state index contributed by atoms with van der Waals surface area (Å²) in [6.45, 7) is 5.11. The molecule has 2 aliphatic rings. The quantitative estimate of drug-likeness (QED) is 0.158. The van der Waals surface area contributed by atoms with E-state index in [0.717, 1.165) is 11.1 Å². The number of pyridine rings is 2. The zero-order valence-corrected chi connectivity index (χ0v) is 25.3. The van der Waals surface area contributed by atoms with Crippen LogP contribution >= 0.6 is 0 Å². The lowest BCUT2D eigenvalue weighted by atomic mass is 9.89. The van der Waals surface area contributed by atoms with Gasteiger partial charge in [0.2, 0.25) is 0 Å². The molecule has 0 radical (unpaired) electrons. The number of esters is 1. The zero-order valence-electron chi connectivity index (χ0n) is 25.3. The number of carbonyl (C=O) groups is 1. The van der Waals surface area contributed by atoms with Crippen molar-refractivity contribution in [3.8, 4) is 22.8 Å². The Kier molecular flexibility index (Phi) is 7.66. The molecule has 3 atom stereocenters. The number of aromatic nitrogens is 2. The number of benzene rings is 1. The van der Waals surface area contributed by atoms with Crippen LogP contribution in [0.1, 0.15) is 50.0 Å². The number of aliphatic hydroxyl groups excluding tert-OH is 1. The Balaban J connectivity index is 1.20. The number of ether oxygens (including phenoxy) is 3. The second-order valence-corrected chi connectivity index (χ2v) is 12.2. The van der Waals surface area contributed by atoms with E-state index in [2.05, 4.69) is 9.97 Å². The summed E-state index contributed by atoms with van der Waals surface area (Å²) in [6, 6.07) is 10.1. The Bertz CT molecular complexity index is 1850. The summed E-state index contributed by atoms with van der Waals surface area (Å²) in [7, 11) is 0. The van der Waals surface area contributed by atoms with E-state index in [1.54, 1.807) is 51.2 Å². The highest BCUT2D eigenvalue weighted by molar-refractivity contribution is 5.87. The predicted molar refractivity (Wildman–Crippen MR) is 166 cm³/mol. The van der Waals surface area contributed by atoms with Crippen LogP contribution in [0.25, 0.3) is 22.2 Å². The van der Waals surface area contributed by atoms with Crippen molar-refractivity contribution in [1.82, 2.24) is 9.97 Å². The third kappa shape index (κ3) is 5.78. The molecule has 0 bridgehead atoms. The fourth-order valence-electron chi connectivity index (χ4n) is 6.09. The Hall–Kier alpha value is -4.68. The molecule has 3 unspecified atom stereocenters. The lowest BCUT2D eigenvalue weighted by Gasteiger charge is -2.39. The molecule has 45 heavy (non-hydrogen) atoms. The Morgan fingerprint density at radius 3 is 2.71 bits per heavy atom. The van der Waals surface area contributed by atoms with E-state index in [0.29, 0.717) is 53.7 Å². The number of anilines is 2. The van der Waals surface area contributed by atoms with Gasteiger partial charge in [0, 0.05) is 42.5 Å². The summed E-state index contributed by atoms with van der Waals surface area (Å²) in [6.07, 6.45) is 2.13. The first-order valence-electron chi connectivity index (χ1n) is 14.9. The van der Waals surface area contributed by atoms with Crippen LogP contribution in [0.5, 0.6) is 11.5 Å². The monoisotopic (exact) mass is 616 g/mol. The van der Waals surface area contributed by atoms with Gasteiger partial charge < -0.3 is 40.3 Å². The second-order valence-electron chi connectivity index (χ2n) is 12.2. The Morgan fingerprint density at radius 2 is 1.96 bits per heavy atom. The van der Waals surface area contributed by atoms with Crippen molar-refractivity contribution in [2.24, 2.45) is 0 Å². The van der Waals surface area contributed by atoms with E-state index in [4.69, 9.17) is 30.1 Å². The van der Waals surface area contributed by atoms with E-state index in [1.807, 2.05) is 6.07 Å². The van der Waals surface area contributed by atoms with Crippen molar-refractivity contribution in [3.05, 3.63) is 69.7 Å². The molecular formula is C33H36N4O8. The van der Waals surface area contributed by atoms with Gasteiger partial charge in [0.1, 0.15) is 51.6 Å². The molecule has 0 saturated carbocycles. The molecule has 6 rings (SSSR count). The van der Waals surface area contributed by atoms with Gasteiger partial charge in [-0.05, 0) is 76.3 Å². The zero-order chi connectivity index (χ0) is 32.1. The van der Waals surface area contributed by atoms with Gasteiger partial charge in [-0.15, -0.1) is 0 Å². The first kappa shape index (κ1) is 30.4. The third-order valence-electron chi connectivity index (χ3n) is 8.51. The number of nitrogen functional groups attached to an aromatic ring is 2. The molecule has 12 nitrogen and oxygen atoms in total. The van der Waals surface area contributed by atoms with Crippen molar-refractivity contribution in [2.45, 2.75) is 76.3 Å². The maximum atomic E-state index is 13.8. The minimum atomic E-state index is -1.23. The summed E-state index contributed by atoms with van der Waals surface area (Å²) in [5, 5.41) is 20.7. The van der Waals surface area contributed by atoms with Gasteiger partial charge in [-0.1, -0.05) is 0 Å². The SMILES string of the molecule is Cc1cc(=O)c2c(O)c3c(cc2o1)OC(C)(C)C(OC(=O)C1(CCCO)OC1CCc1cc(N)nc(-c2ccnc(N)c2)c1)C3. The standard InChI is InChI=1S/C33H36N4O8/c1-17-11-22(39)29-24(42-17)16-23-20(30(29)40)15-26(32(2,3)44-23)43-31(41)33(8-4-10-38)25(45-33)6-5-18-12-21(37-28(35)13-18)19-7-9-36-27(34)14-19/h7,9,11-14,16,25-26,38,40H,4-6,8,10,15H2,1-3H3,(H2,34,36)(H2,35,37). The van der Waals surface area contributed by atoms with Crippen molar-refractivity contribution < 1.29 is 33.6 Å². The lowest BCUT2D eigenvalue weighted by Crippen LogP contribution is -2.50. The van der Waals surface area contributed by atoms with Gasteiger partial charge in [0.15, 0.2) is 11.0 Å². The number of aromatic hydroxyl groups is 1. The van der Waals surface area contributed by atoms with Crippen LogP contribution in [0, 0.1) is 6.92 Å². The normalized spacial score (nSPS) is 21.6. The molecule has 1 saturated heterocycles. The molecule has 3 aromatic heterocycles. The molecule has 2 aliphatic heterocycles. The Morgan fingerprint density at radius 1 is 1.16 bits per heavy atom. The lowest BCUT2D eigenvalue weighted by molar-refractivity contribution is -0.168. The molecule has 5 heterocycles. The number of aryl methyl sites for hydroxylation is 2. The summed E-state index contributed by atoms with van der Waals surface area (Å²) in [5.74, 6) is 0.664. The fourth-order valence-corrected chi connectivity index (χ4v) is 6.09. The molecule has 0 aliphatic carbocycles. The van der Waals surface area contributed by atoms with Crippen LogP contribution < -0.4 is 21.6 Å². The number of nitrogens with two attached hydrogens (primary N) is 2. The average Bonchev–Trinajstić information content (AvgIpc) is 3.69. The predicted octanol–water partition coefficient (Wildman–Crippen LogP) is 3.60. The number of hydrogen-bond donors (Lipinski definition) is 4. The van der Waals surface area contributed by atoms with Gasteiger partial charge in [0.25, 0.3) is 0 Å². The first-order chi connectivity index (χ1) is 21.4. The maximum Gasteiger partial charge on any atom is 0.341 e. The van der Waals surface area contributed by atoms with E-state index < -0.39 is 29.4 Å². The summed E-state index contributed by atoms with van der Waals surface area (Å²) in [5.41, 5.74) is 12.3. The highest BCUT2D eigenvalue weighted by Crippen LogP contribution is 2.47. The summed E-state index contributed by atoms with van der Waals surface area (Å²) in [4.78, 5) is 34.9. The topological polar surface area (TPSA) is 197 Å².